The van der Waals surface area contributed by atoms with Crippen molar-refractivity contribution in [3.8, 4) is 0 Å². The number of hydrogen-bond acceptors (Lipinski definition) is 2. The molecule has 1 heterocycles. The highest BCUT2D eigenvalue weighted by Gasteiger charge is 2.25. The SMILES string of the molecule is CCOC1CCN(C(=NC)NCC(C)(C)c2cccc(C)c2)CC1.I. The Morgan fingerprint density at radius 1 is 1.32 bits per heavy atom. The number of benzene rings is 1. The number of aliphatic imine (C=N–C) groups is 1. The van der Waals surface area contributed by atoms with Crippen molar-refractivity contribution >= 4 is 29.9 Å². The third-order valence-corrected chi connectivity index (χ3v) is 4.84. The molecule has 4 nitrogen and oxygen atoms in total. The third-order valence-electron chi connectivity index (χ3n) is 4.84. The number of aryl methyl sites for hydroxylation is 1. The van der Waals surface area contributed by atoms with E-state index in [1.165, 1.54) is 11.1 Å². The van der Waals surface area contributed by atoms with Crippen LogP contribution in [0.4, 0.5) is 0 Å². The lowest BCUT2D eigenvalue weighted by Gasteiger charge is -2.35. The molecule has 0 radical (unpaired) electrons. The van der Waals surface area contributed by atoms with Gasteiger partial charge < -0.3 is 15.0 Å². The van der Waals surface area contributed by atoms with Gasteiger partial charge in [0.05, 0.1) is 6.10 Å². The lowest BCUT2D eigenvalue weighted by atomic mass is 9.84. The molecule has 2 rings (SSSR count). The average molecular weight is 459 g/mol. The number of halogens is 1. The van der Waals surface area contributed by atoms with Gasteiger partial charge in [-0.3, -0.25) is 4.99 Å². The smallest absolute Gasteiger partial charge is 0.193 e. The van der Waals surface area contributed by atoms with E-state index in [-0.39, 0.29) is 29.4 Å². The number of guanidine groups is 1. The molecule has 1 fully saturated rings. The summed E-state index contributed by atoms with van der Waals surface area (Å²) in [6.07, 6.45) is 2.57. The van der Waals surface area contributed by atoms with Gasteiger partial charge >= 0.3 is 0 Å². The maximum atomic E-state index is 5.74. The van der Waals surface area contributed by atoms with Crippen molar-refractivity contribution in [2.24, 2.45) is 4.99 Å². The maximum absolute atomic E-state index is 5.74. The van der Waals surface area contributed by atoms with Gasteiger partial charge in [-0.25, -0.2) is 0 Å². The van der Waals surface area contributed by atoms with Gasteiger partial charge in [0, 0.05) is 38.7 Å². The number of hydrogen-bond donors (Lipinski definition) is 1. The van der Waals surface area contributed by atoms with Crippen LogP contribution in [-0.2, 0) is 10.2 Å². The van der Waals surface area contributed by atoms with Crippen LogP contribution in [0.1, 0.15) is 44.7 Å². The molecular weight excluding hydrogens is 425 g/mol. The number of nitrogens with zero attached hydrogens (tertiary/aromatic N) is 2. The van der Waals surface area contributed by atoms with Gasteiger partial charge in [0.25, 0.3) is 0 Å². The van der Waals surface area contributed by atoms with E-state index in [9.17, 15) is 0 Å². The lowest BCUT2D eigenvalue weighted by Crippen LogP contribution is -2.49. The average Bonchev–Trinajstić information content (AvgIpc) is 2.57. The minimum atomic E-state index is 0. The molecule has 5 heteroatoms. The molecule has 0 amide bonds. The summed E-state index contributed by atoms with van der Waals surface area (Å²) in [5.41, 5.74) is 2.73. The van der Waals surface area contributed by atoms with Crippen molar-refractivity contribution < 1.29 is 4.74 Å². The molecule has 0 spiro atoms. The standard InChI is InChI=1S/C20H33N3O.HI/c1-6-24-18-10-12-23(13-11-18)19(21-5)22-15-20(3,4)17-9-7-8-16(2)14-17;/h7-9,14,18H,6,10-13,15H2,1-5H3,(H,21,22);1H. The van der Waals surface area contributed by atoms with Gasteiger partial charge in [-0.15, -0.1) is 24.0 Å². The van der Waals surface area contributed by atoms with Gasteiger partial charge in [-0.05, 0) is 32.3 Å². The minimum absolute atomic E-state index is 0. The molecule has 25 heavy (non-hydrogen) atoms. The van der Waals surface area contributed by atoms with Crippen molar-refractivity contribution in [2.45, 2.75) is 52.1 Å². The number of ether oxygens (including phenoxy) is 1. The van der Waals surface area contributed by atoms with E-state index in [0.29, 0.717) is 6.10 Å². The van der Waals surface area contributed by atoms with Crippen LogP contribution in [0.3, 0.4) is 0 Å². The van der Waals surface area contributed by atoms with Crippen molar-refractivity contribution in [1.82, 2.24) is 10.2 Å². The summed E-state index contributed by atoms with van der Waals surface area (Å²) in [5.74, 6) is 1.01. The molecule has 1 aliphatic heterocycles. The number of likely N-dealkylation sites (tertiary alicyclic amines) is 1. The highest BCUT2D eigenvalue weighted by Crippen LogP contribution is 2.23. The monoisotopic (exact) mass is 459 g/mol. The molecule has 1 N–H and O–H groups in total. The fraction of sp³-hybridized carbons (Fsp3) is 0.650. The van der Waals surface area contributed by atoms with Gasteiger partial charge in [0.2, 0.25) is 0 Å². The normalized spacial score (nSPS) is 16.5. The molecule has 142 valence electrons. The first-order valence-electron chi connectivity index (χ1n) is 9.10. The highest BCUT2D eigenvalue weighted by molar-refractivity contribution is 14.0. The summed E-state index contributed by atoms with van der Waals surface area (Å²) in [4.78, 5) is 6.84. The predicted molar refractivity (Wildman–Crippen MR) is 117 cm³/mol. The molecule has 1 aliphatic rings. The van der Waals surface area contributed by atoms with E-state index in [2.05, 4.69) is 67.2 Å². The van der Waals surface area contributed by atoms with Gasteiger partial charge in [-0.2, -0.15) is 0 Å². The maximum Gasteiger partial charge on any atom is 0.193 e. The van der Waals surface area contributed by atoms with Crippen LogP contribution in [0.5, 0.6) is 0 Å². The molecule has 0 saturated carbocycles. The highest BCUT2D eigenvalue weighted by atomic mass is 127. The Balaban J connectivity index is 0.00000312. The van der Waals surface area contributed by atoms with E-state index in [0.717, 1.165) is 45.0 Å². The Kier molecular flexibility index (Phi) is 9.21. The van der Waals surface area contributed by atoms with E-state index >= 15 is 0 Å². The number of rotatable bonds is 5. The fourth-order valence-electron chi connectivity index (χ4n) is 3.27. The molecule has 1 aromatic rings. The fourth-order valence-corrected chi connectivity index (χ4v) is 3.27. The van der Waals surface area contributed by atoms with Crippen LogP contribution in [0.2, 0.25) is 0 Å². The third kappa shape index (κ3) is 6.44. The largest absolute Gasteiger partial charge is 0.378 e. The quantitative estimate of drug-likeness (QED) is 0.412. The summed E-state index contributed by atoms with van der Waals surface area (Å²) < 4.78 is 5.74. The Morgan fingerprint density at radius 3 is 2.56 bits per heavy atom. The molecular formula is C20H34IN3O. The van der Waals surface area contributed by atoms with Crippen molar-refractivity contribution in [1.29, 1.82) is 0 Å². The second-order valence-corrected chi connectivity index (χ2v) is 7.30. The Morgan fingerprint density at radius 2 is 2.00 bits per heavy atom. The summed E-state index contributed by atoms with van der Waals surface area (Å²) >= 11 is 0. The van der Waals surface area contributed by atoms with Crippen molar-refractivity contribution in [3.05, 3.63) is 35.4 Å². The summed E-state index contributed by atoms with van der Waals surface area (Å²) in [6, 6.07) is 8.78. The van der Waals surface area contributed by atoms with E-state index in [1.54, 1.807) is 0 Å². The van der Waals surface area contributed by atoms with Crippen LogP contribution >= 0.6 is 24.0 Å². The zero-order valence-corrected chi connectivity index (χ0v) is 18.7. The molecule has 0 unspecified atom stereocenters. The van der Waals surface area contributed by atoms with Crippen LogP contribution in [0, 0.1) is 6.92 Å². The van der Waals surface area contributed by atoms with E-state index in [4.69, 9.17) is 4.74 Å². The Bertz CT molecular complexity index is 552. The predicted octanol–water partition coefficient (Wildman–Crippen LogP) is 3.97. The molecule has 1 aromatic carbocycles. The van der Waals surface area contributed by atoms with Crippen LogP contribution in [0.15, 0.2) is 29.3 Å². The molecule has 0 aliphatic carbocycles. The summed E-state index contributed by atoms with van der Waals surface area (Å²) in [5, 5.41) is 3.58. The Labute approximate surface area is 170 Å². The van der Waals surface area contributed by atoms with Crippen LogP contribution in [-0.4, -0.2) is 50.3 Å². The summed E-state index contributed by atoms with van der Waals surface area (Å²) in [6.45, 7) is 12.5. The van der Waals surface area contributed by atoms with Gasteiger partial charge in [0.1, 0.15) is 0 Å². The first-order chi connectivity index (χ1) is 11.5. The van der Waals surface area contributed by atoms with E-state index < -0.39 is 0 Å². The zero-order chi connectivity index (χ0) is 17.6. The minimum Gasteiger partial charge on any atom is -0.378 e. The number of nitrogens with one attached hydrogen (secondary N) is 1. The second-order valence-electron chi connectivity index (χ2n) is 7.30. The first kappa shape index (κ1) is 22.2. The molecule has 0 atom stereocenters. The molecule has 1 saturated heterocycles. The van der Waals surface area contributed by atoms with E-state index in [1.807, 2.05) is 7.05 Å². The van der Waals surface area contributed by atoms with Gasteiger partial charge in [-0.1, -0.05) is 43.7 Å². The Hall–Kier alpha value is -0.820. The van der Waals surface area contributed by atoms with Crippen molar-refractivity contribution in [3.63, 3.8) is 0 Å². The summed E-state index contributed by atoms with van der Waals surface area (Å²) in [7, 11) is 1.87. The lowest BCUT2D eigenvalue weighted by molar-refractivity contribution is 0.0263. The van der Waals surface area contributed by atoms with Gasteiger partial charge in [0.15, 0.2) is 5.96 Å². The molecule has 0 aromatic heterocycles. The van der Waals surface area contributed by atoms with Crippen LogP contribution in [0.25, 0.3) is 0 Å². The van der Waals surface area contributed by atoms with Crippen molar-refractivity contribution in [2.75, 3.05) is 33.3 Å². The topological polar surface area (TPSA) is 36.9 Å². The molecule has 0 bridgehead atoms. The number of piperidine rings is 1. The second kappa shape index (κ2) is 10.4. The zero-order valence-electron chi connectivity index (χ0n) is 16.3. The first-order valence-corrected chi connectivity index (χ1v) is 9.10. The van der Waals surface area contributed by atoms with Crippen LogP contribution < -0.4 is 5.32 Å².